The third-order valence-corrected chi connectivity index (χ3v) is 10.2. The van der Waals surface area contributed by atoms with Gasteiger partial charge in [0.2, 0.25) is 11.1 Å². The fourth-order valence-corrected chi connectivity index (χ4v) is 7.71. The molecule has 4 N–H and O–H groups in total. The van der Waals surface area contributed by atoms with E-state index in [4.69, 9.17) is 4.18 Å². The Morgan fingerprint density at radius 1 is 0.562 bits per heavy atom. The molecule has 4 aromatic rings. The molecule has 0 amide bonds. The Kier molecular flexibility index (Phi) is 14.7. The van der Waals surface area contributed by atoms with Crippen LogP contribution in [0.2, 0.25) is 0 Å². The Morgan fingerprint density at radius 2 is 1.00 bits per heavy atom. The number of aryl methyl sites for hydroxylation is 8. The third-order valence-electron chi connectivity index (χ3n) is 8.17. The molecule has 0 bridgehead atoms. The van der Waals surface area contributed by atoms with Gasteiger partial charge in [0.05, 0.1) is 9.79 Å². The second-order valence-electron chi connectivity index (χ2n) is 12.7. The zero-order valence-electron chi connectivity index (χ0n) is 29.7. The highest BCUT2D eigenvalue weighted by atomic mass is 32.2. The standard InChI is InChI=1S/C24H34O4S.C16H18O2S/c1-5-7-9-11-19-13-17(3)23(25)21(15-19)28-29(27)22-16-20(12-10-8-6-2)14-18(4)24(22)26;1-9-5-11(3)15(17)13(7-9)19-14-8-10(2)6-12(4)16(14)18/h13-16,25-26H,5-12H2,1-4H3;5-8,17-18H,1-4H3. The van der Waals surface area contributed by atoms with Crippen LogP contribution in [-0.2, 0) is 23.9 Å². The molecule has 4 aromatic carbocycles. The molecule has 8 heteroatoms. The van der Waals surface area contributed by atoms with Crippen molar-refractivity contribution >= 4 is 22.8 Å². The number of phenolic OH excluding ortho intramolecular Hbond substituents is 4. The maximum absolute atomic E-state index is 12.9. The highest BCUT2D eigenvalue weighted by molar-refractivity contribution is 7.99. The second kappa shape index (κ2) is 18.2. The first-order valence-corrected chi connectivity index (χ1v) is 18.7. The highest BCUT2D eigenvalue weighted by Gasteiger charge is 2.19. The largest absolute Gasteiger partial charge is 0.506 e. The minimum absolute atomic E-state index is 0.00657. The van der Waals surface area contributed by atoms with Crippen molar-refractivity contribution in [1.29, 1.82) is 0 Å². The first-order valence-electron chi connectivity index (χ1n) is 16.8. The molecule has 0 aliphatic rings. The summed E-state index contributed by atoms with van der Waals surface area (Å²) in [5.74, 6) is 0.748. The summed E-state index contributed by atoms with van der Waals surface area (Å²) in [6.45, 7) is 15.7. The molecule has 0 saturated heterocycles. The molecule has 48 heavy (non-hydrogen) atoms. The Bertz CT molecular complexity index is 1670. The zero-order chi connectivity index (χ0) is 35.5. The highest BCUT2D eigenvalue weighted by Crippen LogP contribution is 2.42. The molecule has 0 radical (unpaired) electrons. The van der Waals surface area contributed by atoms with Crippen LogP contribution >= 0.6 is 11.8 Å². The molecule has 1 atom stereocenters. The van der Waals surface area contributed by atoms with E-state index in [2.05, 4.69) is 13.8 Å². The molecule has 0 fully saturated rings. The van der Waals surface area contributed by atoms with E-state index in [1.165, 1.54) is 11.8 Å². The van der Waals surface area contributed by atoms with E-state index in [0.717, 1.165) is 94.5 Å². The van der Waals surface area contributed by atoms with Gasteiger partial charge in [0, 0.05) is 0 Å². The van der Waals surface area contributed by atoms with Gasteiger partial charge in [-0.3, -0.25) is 0 Å². The van der Waals surface area contributed by atoms with Gasteiger partial charge in [-0.05, 0) is 136 Å². The molecule has 4 rings (SSSR count). The van der Waals surface area contributed by atoms with Crippen molar-refractivity contribution < 1.29 is 28.8 Å². The average molecular weight is 693 g/mol. The van der Waals surface area contributed by atoms with E-state index in [-0.39, 0.29) is 33.6 Å². The van der Waals surface area contributed by atoms with Crippen molar-refractivity contribution in [3.63, 3.8) is 0 Å². The molecule has 0 heterocycles. The Labute approximate surface area is 293 Å². The number of hydrogen-bond acceptors (Lipinski definition) is 7. The first-order chi connectivity index (χ1) is 22.7. The fraction of sp³-hybridized carbons (Fsp3) is 0.400. The van der Waals surface area contributed by atoms with Crippen molar-refractivity contribution in [2.45, 2.75) is 121 Å². The molecule has 0 aromatic heterocycles. The molecule has 0 spiro atoms. The van der Waals surface area contributed by atoms with Gasteiger partial charge in [0.1, 0.15) is 22.1 Å². The maximum Gasteiger partial charge on any atom is 0.244 e. The fourth-order valence-electron chi connectivity index (χ4n) is 5.52. The summed E-state index contributed by atoms with van der Waals surface area (Å²) in [7, 11) is 0. The minimum Gasteiger partial charge on any atom is -0.506 e. The lowest BCUT2D eigenvalue weighted by Crippen LogP contribution is -2.04. The Balaban J connectivity index is 0.000000284. The molecule has 0 saturated carbocycles. The number of rotatable bonds is 13. The lowest BCUT2D eigenvalue weighted by Gasteiger charge is -2.14. The molecule has 0 aliphatic carbocycles. The van der Waals surface area contributed by atoms with E-state index < -0.39 is 11.1 Å². The third kappa shape index (κ3) is 10.7. The number of benzene rings is 4. The van der Waals surface area contributed by atoms with Crippen LogP contribution < -0.4 is 4.18 Å². The lowest BCUT2D eigenvalue weighted by atomic mass is 10.0. The van der Waals surface area contributed by atoms with Crippen LogP contribution in [0.15, 0.2) is 63.2 Å². The van der Waals surface area contributed by atoms with Gasteiger partial charge in [-0.15, -0.1) is 0 Å². The molecule has 1 unspecified atom stereocenters. The molecule has 0 aliphatic heterocycles. The van der Waals surface area contributed by atoms with Gasteiger partial charge in [-0.2, -0.15) is 0 Å². The first kappa shape index (κ1) is 38.8. The summed E-state index contributed by atoms with van der Waals surface area (Å²) in [4.78, 5) is 1.81. The van der Waals surface area contributed by atoms with Gasteiger partial charge in [-0.25, -0.2) is 4.21 Å². The molecule has 6 nitrogen and oxygen atoms in total. The number of unbranched alkanes of at least 4 members (excludes halogenated alkanes) is 4. The summed E-state index contributed by atoms with van der Waals surface area (Å²) in [5, 5.41) is 41.0. The second-order valence-corrected chi connectivity index (χ2v) is 14.9. The van der Waals surface area contributed by atoms with E-state index in [1.54, 1.807) is 19.1 Å². The monoisotopic (exact) mass is 692 g/mol. The predicted octanol–water partition coefficient (Wildman–Crippen LogP) is 10.8. The predicted molar refractivity (Wildman–Crippen MR) is 198 cm³/mol. The van der Waals surface area contributed by atoms with Gasteiger partial charge in [0.15, 0.2) is 11.5 Å². The summed E-state index contributed by atoms with van der Waals surface area (Å²) >= 11 is -0.520. The summed E-state index contributed by atoms with van der Waals surface area (Å²) < 4.78 is 18.6. The molecular formula is C40H52O6S2. The van der Waals surface area contributed by atoms with E-state index in [1.807, 2.05) is 71.0 Å². The maximum atomic E-state index is 12.9. The minimum atomic E-state index is -1.92. The van der Waals surface area contributed by atoms with Crippen LogP contribution in [0.3, 0.4) is 0 Å². The Morgan fingerprint density at radius 3 is 1.48 bits per heavy atom. The van der Waals surface area contributed by atoms with Crippen LogP contribution in [0, 0.1) is 41.5 Å². The topological polar surface area (TPSA) is 107 Å². The summed E-state index contributed by atoms with van der Waals surface area (Å²) in [6.07, 6.45) is 8.40. The Hall–Kier alpha value is -3.62. The summed E-state index contributed by atoms with van der Waals surface area (Å²) in [6, 6.07) is 15.1. The van der Waals surface area contributed by atoms with Crippen LogP contribution in [0.25, 0.3) is 0 Å². The normalized spacial score (nSPS) is 11.6. The van der Waals surface area contributed by atoms with Crippen LogP contribution in [0.1, 0.15) is 96.9 Å². The van der Waals surface area contributed by atoms with Crippen molar-refractivity contribution in [2.75, 3.05) is 0 Å². The number of aromatic hydroxyl groups is 4. The van der Waals surface area contributed by atoms with Crippen LogP contribution in [0.4, 0.5) is 0 Å². The smallest absolute Gasteiger partial charge is 0.244 e. The summed E-state index contributed by atoms with van der Waals surface area (Å²) in [5.41, 5.74) is 7.37. The van der Waals surface area contributed by atoms with E-state index >= 15 is 0 Å². The quantitative estimate of drug-likeness (QED) is 0.103. The molecule has 260 valence electrons. The zero-order valence-corrected chi connectivity index (χ0v) is 31.3. The van der Waals surface area contributed by atoms with Crippen molar-refractivity contribution in [1.82, 2.24) is 0 Å². The van der Waals surface area contributed by atoms with Crippen molar-refractivity contribution in [3.8, 4) is 28.7 Å². The van der Waals surface area contributed by atoms with E-state index in [0.29, 0.717) is 11.1 Å². The molecular weight excluding hydrogens is 641 g/mol. The van der Waals surface area contributed by atoms with E-state index in [9.17, 15) is 24.6 Å². The van der Waals surface area contributed by atoms with Crippen molar-refractivity contribution in [3.05, 3.63) is 93.0 Å². The van der Waals surface area contributed by atoms with Crippen LogP contribution in [-0.4, -0.2) is 24.6 Å². The van der Waals surface area contributed by atoms with Crippen molar-refractivity contribution in [2.24, 2.45) is 0 Å². The number of hydrogen-bond donors (Lipinski definition) is 4. The SMILES string of the molecule is CCCCCc1cc(C)c(O)c(OS(=O)c2cc(CCCCC)cc(C)c2O)c1.Cc1cc(C)c(O)c(Sc2cc(C)cc(C)c2O)c1. The van der Waals surface area contributed by atoms with Gasteiger partial charge >= 0.3 is 0 Å². The van der Waals surface area contributed by atoms with Crippen LogP contribution in [0.5, 0.6) is 28.7 Å². The number of phenols is 4. The average Bonchev–Trinajstić information content (AvgIpc) is 3.02. The van der Waals surface area contributed by atoms with Gasteiger partial charge in [0.25, 0.3) is 0 Å². The lowest BCUT2D eigenvalue weighted by molar-refractivity contribution is 0.434. The van der Waals surface area contributed by atoms with Gasteiger partial charge in [-0.1, -0.05) is 75.6 Å². The van der Waals surface area contributed by atoms with Gasteiger partial charge < -0.3 is 24.6 Å².